The van der Waals surface area contributed by atoms with E-state index in [2.05, 4.69) is 34.2 Å². The van der Waals surface area contributed by atoms with E-state index in [1.165, 1.54) is 43.9 Å². The maximum atomic E-state index is 6.22. The minimum Gasteiger partial charge on any atom is -0.326 e. The summed E-state index contributed by atoms with van der Waals surface area (Å²) in [5.74, 6) is 0. The molecule has 2 unspecified atom stereocenters. The first-order valence-corrected chi connectivity index (χ1v) is 7.91. The first-order chi connectivity index (χ1) is 8.75. The molecule has 2 atom stereocenters. The summed E-state index contributed by atoms with van der Waals surface area (Å²) in [6.07, 6.45) is 2.84. The molecule has 1 aromatic heterocycles. The second kappa shape index (κ2) is 5.29. The van der Waals surface area contributed by atoms with Crippen LogP contribution in [0, 0.1) is 0 Å². The third-order valence-corrected chi connectivity index (χ3v) is 5.08. The fourth-order valence-electron chi connectivity index (χ4n) is 3.05. The molecule has 1 saturated heterocycles. The Morgan fingerprint density at radius 3 is 2.50 bits per heavy atom. The quantitative estimate of drug-likeness (QED) is 0.903. The van der Waals surface area contributed by atoms with Crippen LogP contribution in [-0.2, 0) is 0 Å². The molecule has 100 valence electrons. The molecule has 0 bridgehead atoms. The van der Waals surface area contributed by atoms with E-state index in [1.54, 1.807) is 0 Å². The van der Waals surface area contributed by atoms with Crippen LogP contribution >= 0.6 is 11.3 Å². The zero-order valence-corrected chi connectivity index (χ0v) is 11.9. The van der Waals surface area contributed by atoms with Crippen molar-refractivity contribution in [3.05, 3.63) is 22.4 Å². The molecule has 2 fully saturated rings. The van der Waals surface area contributed by atoms with Crippen LogP contribution in [-0.4, -0.2) is 48.1 Å². The van der Waals surface area contributed by atoms with E-state index in [9.17, 15) is 0 Å². The molecule has 1 saturated carbocycles. The molecule has 2 heterocycles. The number of nitrogens with zero attached hydrogens (tertiary/aromatic N) is 2. The lowest BCUT2D eigenvalue weighted by molar-refractivity contribution is 0.0840. The van der Waals surface area contributed by atoms with Gasteiger partial charge >= 0.3 is 0 Å². The molecule has 1 aliphatic heterocycles. The van der Waals surface area contributed by atoms with Crippen LogP contribution in [0.25, 0.3) is 0 Å². The second-order valence-electron chi connectivity index (χ2n) is 5.62. The molecule has 2 aliphatic rings. The molecule has 3 rings (SSSR count). The molecule has 4 heteroatoms. The van der Waals surface area contributed by atoms with Crippen LogP contribution in [0.3, 0.4) is 0 Å². The molecule has 0 aromatic carbocycles. The van der Waals surface area contributed by atoms with E-state index in [4.69, 9.17) is 5.73 Å². The lowest BCUT2D eigenvalue weighted by atomic mass is 10.1. The van der Waals surface area contributed by atoms with E-state index >= 15 is 0 Å². The van der Waals surface area contributed by atoms with E-state index < -0.39 is 0 Å². The van der Waals surface area contributed by atoms with Crippen LogP contribution in [0.15, 0.2) is 17.5 Å². The molecule has 0 radical (unpaired) electrons. The number of nitrogens with two attached hydrogens (primary N) is 1. The summed E-state index contributed by atoms with van der Waals surface area (Å²) in [5.41, 5.74) is 6.22. The van der Waals surface area contributed by atoms with Gasteiger partial charge in [-0.15, -0.1) is 11.3 Å². The van der Waals surface area contributed by atoms with Crippen molar-refractivity contribution in [3.8, 4) is 0 Å². The third kappa shape index (κ3) is 2.62. The standard InChI is InChI=1S/C14H23N3S/c1-11(15)14(13-3-2-10-18-13)17-8-6-16(7-9-17)12-4-5-12/h2-3,10-12,14H,4-9,15H2,1H3. The molecular formula is C14H23N3S. The van der Waals surface area contributed by atoms with Gasteiger partial charge in [0.05, 0.1) is 6.04 Å². The number of thiophene rings is 1. The van der Waals surface area contributed by atoms with Crippen LogP contribution in [0.5, 0.6) is 0 Å². The molecule has 1 aliphatic carbocycles. The molecule has 0 spiro atoms. The van der Waals surface area contributed by atoms with Crippen molar-refractivity contribution in [2.75, 3.05) is 26.2 Å². The topological polar surface area (TPSA) is 32.5 Å². The normalized spacial score (nSPS) is 26.1. The molecule has 2 N–H and O–H groups in total. The Balaban J connectivity index is 1.65. The predicted octanol–water partition coefficient (Wildman–Crippen LogP) is 1.92. The van der Waals surface area contributed by atoms with Crippen LogP contribution < -0.4 is 5.73 Å². The maximum absolute atomic E-state index is 6.22. The average molecular weight is 265 g/mol. The second-order valence-corrected chi connectivity index (χ2v) is 6.60. The highest BCUT2D eigenvalue weighted by molar-refractivity contribution is 7.10. The number of rotatable bonds is 4. The highest BCUT2D eigenvalue weighted by Crippen LogP contribution is 2.31. The zero-order chi connectivity index (χ0) is 12.5. The summed E-state index contributed by atoms with van der Waals surface area (Å²) in [7, 11) is 0. The molecule has 18 heavy (non-hydrogen) atoms. The number of hydrogen-bond donors (Lipinski definition) is 1. The van der Waals surface area contributed by atoms with Crippen molar-refractivity contribution < 1.29 is 0 Å². The largest absolute Gasteiger partial charge is 0.326 e. The molecule has 1 aromatic rings. The first kappa shape index (κ1) is 12.6. The van der Waals surface area contributed by atoms with Gasteiger partial charge in [0.25, 0.3) is 0 Å². The Kier molecular flexibility index (Phi) is 3.71. The first-order valence-electron chi connectivity index (χ1n) is 7.03. The Morgan fingerprint density at radius 2 is 2.00 bits per heavy atom. The molecular weight excluding hydrogens is 242 g/mol. The zero-order valence-electron chi connectivity index (χ0n) is 11.1. The summed E-state index contributed by atoms with van der Waals surface area (Å²) < 4.78 is 0. The van der Waals surface area contributed by atoms with Crippen LogP contribution in [0.2, 0.25) is 0 Å². The minimum absolute atomic E-state index is 0.205. The van der Waals surface area contributed by atoms with Gasteiger partial charge in [0.1, 0.15) is 0 Å². The van der Waals surface area contributed by atoms with E-state index in [-0.39, 0.29) is 6.04 Å². The van der Waals surface area contributed by atoms with Crippen molar-refractivity contribution in [3.63, 3.8) is 0 Å². The Labute approximate surface area is 114 Å². The lowest BCUT2D eigenvalue weighted by Crippen LogP contribution is -2.51. The predicted molar refractivity (Wildman–Crippen MR) is 76.9 cm³/mol. The van der Waals surface area contributed by atoms with Crippen LogP contribution in [0.4, 0.5) is 0 Å². The summed E-state index contributed by atoms with van der Waals surface area (Å²) >= 11 is 1.84. The summed E-state index contributed by atoms with van der Waals surface area (Å²) in [6, 6.07) is 5.88. The average Bonchev–Trinajstić information content (AvgIpc) is 3.08. The smallest absolute Gasteiger partial charge is 0.0591 e. The van der Waals surface area contributed by atoms with Gasteiger partial charge in [-0.2, -0.15) is 0 Å². The van der Waals surface area contributed by atoms with Gasteiger partial charge in [0.2, 0.25) is 0 Å². The molecule has 3 nitrogen and oxygen atoms in total. The van der Waals surface area contributed by atoms with Gasteiger partial charge in [-0.1, -0.05) is 6.07 Å². The fraction of sp³-hybridized carbons (Fsp3) is 0.714. The van der Waals surface area contributed by atoms with Crippen molar-refractivity contribution in [1.29, 1.82) is 0 Å². The number of hydrogen-bond acceptors (Lipinski definition) is 4. The van der Waals surface area contributed by atoms with Crippen LogP contribution in [0.1, 0.15) is 30.7 Å². The summed E-state index contributed by atoms with van der Waals surface area (Å²) in [5, 5.41) is 2.16. The maximum Gasteiger partial charge on any atom is 0.0591 e. The lowest BCUT2D eigenvalue weighted by Gasteiger charge is -2.40. The van der Waals surface area contributed by atoms with Gasteiger partial charge in [-0.25, -0.2) is 0 Å². The van der Waals surface area contributed by atoms with Crippen molar-refractivity contribution in [2.45, 2.75) is 37.9 Å². The Hall–Kier alpha value is -0.420. The SMILES string of the molecule is CC(N)C(c1cccs1)N1CCN(C2CC2)CC1. The summed E-state index contributed by atoms with van der Waals surface area (Å²) in [4.78, 5) is 6.66. The summed E-state index contributed by atoms with van der Waals surface area (Å²) in [6.45, 7) is 6.91. The van der Waals surface area contributed by atoms with Gasteiger partial charge < -0.3 is 5.73 Å². The third-order valence-electron chi connectivity index (χ3n) is 4.14. The Morgan fingerprint density at radius 1 is 1.28 bits per heavy atom. The van der Waals surface area contributed by atoms with E-state index in [0.717, 1.165) is 6.04 Å². The minimum atomic E-state index is 0.205. The molecule has 0 amide bonds. The van der Waals surface area contributed by atoms with Crippen molar-refractivity contribution in [2.24, 2.45) is 5.73 Å². The van der Waals surface area contributed by atoms with E-state index in [1.807, 2.05) is 11.3 Å². The monoisotopic (exact) mass is 265 g/mol. The van der Waals surface area contributed by atoms with Gasteiger partial charge in [-0.3, -0.25) is 9.80 Å². The fourth-order valence-corrected chi connectivity index (χ4v) is 4.03. The highest BCUT2D eigenvalue weighted by Gasteiger charge is 2.34. The van der Waals surface area contributed by atoms with Crippen molar-refractivity contribution >= 4 is 11.3 Å². The van der Waals surface area contributed by atoms with Gasteiger partial charge in [0, 0.05) is 43.1 Å². The van der Waals surface area contributed by atoms with Crippen molar-refractivity contribution in [1.82, 2.24) is 9.80 Å². The van der Waals surface area contributed by atoms with Gasteiger partial charge in [-0.05, 0) is 31.2 Å². The Bertz CT molecular complexity index is 364. The van der Waals surface area contributed by atoms with Gasteiger partial charge in [0.15, 0.2) is 0 Å². The highest BCUT2D eigenvalue weighted by atomic mass is 32.1. The number of piperazine rings is 1. The van der Waals surface area contributed by atoms with E-state index in [0.29, 0.717) is 6.04 Å².